The SMILES string of the molecule is Cc1nn(-c2ccc(C(C)C)cc2)c(C)c1C#N. The lowest BCUT2D eigenvalue weighted by atomic mass is 10.0. The Labute approximate surface area is 108 Å². The minimum Gasteiger partial charge on any atom is -0.236 e. The van der Waals surface area contributed by atoms with Crippen molar-refractivity contribution in [2.24, 2.45) is 0 Å². The van der Waals surface area contributed by atoms with Crippen molar-refractivity contribution >= 4 is 0 Å². The molecule has 0 aliphatic carbocycles. The molecule has 18 heavy (non-hydrogen) atoms. The first-order valence-corrected chi connectivity index (χ1v) is 6.11. The second-order valence-corrected chi connectivity index (χ2v) is 4.82. The van der Waals surface area contributed by atoms with E-state index in [0.29, 0.717) is 11.5 Å². The van der Waals surface area contributed by atoms with Crippen molar-refractivity contribution < 1.29 is 0 Å². The zero-order chi connectivity index (χ0) is 13.3. The number of hydrogen-bond acceptors (Lipinski definition) is 2. The molecule has 0 fully saturated rings. The summed E-state index contributed by atoms with van der Waals surface area (Å²) in [6, 6.07) is 10.5. The predicted molar refractivity (Wildman–Crippen MR) is 71.8 cm³/mol. The van der Waals surface area contributed by atoms with Crippen molar-refractivity contribution in [1.82, 2.24) is 9.78 Å². The maximum atomic E-state index is 9.07. The smallest absolute Gasteiger partial charge is 0.103 e. The molecule has 0 unspecified atom stereocenters. The van der Waals surface area contributed by atoms with Crippen LogP contribution in [-0.4, -0.2) is 9.78 Å². The van der Waals surface area contributed by atoms with E-state index < -0.39 is 0 Å². The lowest BCUT2D eigenvalue weighted by molar-refractivity contribution is 0.826. The van der Waals surface area contributed by atoms with E-state index in [2.05, 4.69) is 49.3 Å². The first kappa shape index (κ1) is 12.4. The van der Waals surface area contributed by atoms with Crippen molar-refractivity contribution in [3.63, 3.8) is 0 Å². The fraction of sp³-hybridized carbons (Fsp3) is 0.333. The summed E-state index contributed by atoms with van der Waals surface area (Å²) in [5, 5.41) is 13.5. The average Bonchev–Trinajstić information content (AvgIpc) is 2.64. The van der Waals surface area contributed by atoms with Gasteiger partial charge in [-0.15, -0.1) is 0 Å². The number of aryl methyl sites for hydroxylation is 1. The molecule has 0 aliphatic heterocycles. The molecule has 0 saturated carbocycles. The Kier molecular flexibility index (Phi) is 3.20. The molecule has 0 radical (unpaired) electrons. The molecule has 92 valence electrons. The molecule has 0 N–H and O–H groups in total. The second kappa shape index (κ2) is 4.66. The molecule has 0 spiro atoms. The third-order valence-corrected chi connectivity index (χ3v) is 3.21. The van der Waals surface area contributed by atoms with Crippen LogP contribution >= 0.6 is 0 Å². The van der Waals surface area contributed by atoms with Gasteiger partial charge in [0.15, 0.2) is 0 Å². The molecule has 1 aromatic heterocycles. The van der Waals surface area contributed by atoms with Crippen LogP contribution in [0.1, 0.15) is 42.3 Å². The summed E-state index contributed by atoms with van der Waals surface area (Å²) in [7, 11) is 0. The Morgan fingerprint density at radius 3 is 2.22 bits per heavy atom. The highest BCUT2D eigenvalue weighted by Gasteiger charge is 2.12. The van der Waals surface area contributed by atoms with Gasteiger partial charge in [-0.25, -0.2) is 4.68 Å². The molecule has 2 aromatic rings. The molecule has 0 saturated heterocycles. The van der Waals surface area contributed by atoms with Crippen molar-refractivity contribution in [2.45, 2.75) is 33.6 Å². The van der Waals surface area contributed by atoms with Crippen LogP contribution < -0.4 is 0 Å². The van der Waals surface area contributed by atoms with Crippen LogP contribution in [0, 0.1) is 25.2 Å². The molecule has 0 bridgehead atoms. The van der Waals surface area contributed by atoms with Crippen molar-refractivity contribution in [3.8, 4) is 11.8 Å². The summed E-state index contributed by atoms with van der Waals surface area (Å²) in [5.74, 6) is 0.522. The Morgan fingerprint density at radius 2 is 1.78 bits per heavy atom. The quantitative estimate of drug-likeness (QED) is 0.805. The van der Waals surface area contributed by atoms with Crippen LogP contribution in [0.4, 0.5) is 0 Å². The number of rotatable bonds is 2. The summed E-state index contributed by atoms with van der Waals surface area (Å²) in [5.41, 5.74) is 4.65. The third-order valence-electron chi connectivity index (χ3n) is 3.21. The lowest BCUT2D eigenvalue weighted by Gasteiger charge is -2.08. The Morgan fingerprint density at radius 1 is 1.17 bits per heavy atom. The number of benzene rings is 1. The van der Waals surface area contributed by atoms with E-state index in [4.69, 9.17) is 5.26 Å². The van der Waals surface area contributed by atoms with Crippen LogP contribution in [-0.2, 0) is 0 Å². The maximum Gasteiger partial charge on any atom is 0.103 e. The predicted octanol–water partition coefficient (Wildman–Crippen LogP) is 3.48. The van der Waals surface area contributed by atoms with Crippen LogP contribution in [0.5, 0.6) is 0 Å². The molecule has 1 aromatic carbocycles. The van der Waals surface area contributed by atoms with Gasteiger partial charge in [-0.3, -0.25) is 0 Å². The van der Waals surface area contributed by atoms with E-state index >= 15 is 0 Å². The minimum atomic E-state index is 0.522. The average molecular weight is 239 g/mol. The van der Waals surface area contributed by atoms with Gasteiger partial charge in [0.1, 0.15) is 6.07 Å². The van der Waals surface area contributed by atoms with Gasteiger partial charge in [-0.1, -0.05) is 26.0 Å². The van der Waals surface area contributed by atoms with E-state index in [0.717, 1.165) is 17.1 Å². The molecule has 0 amide bonds. The molecule has 2 rings (SSSR count). The van der Waals surface area contributed by atoms with Gasteiger partial charge in [0.05, 0.1) is 22.6 Å². The molecule has 3 heteroatoms. The van der Waals surface area contributed by atoms with Gasteiger partial charge < -0.3 is 0 Å². The van der Waals surface area contributed by atoms with Crippen molar-refractivity contribution in [1.29, 1.82) is 5.26 Å². The van der Waals surface area contributed by atoms with Gasteiger partial charge in [-0.2, -0.15) is 10.4 Å². The zero-order valence-electron chi connectivity index (χ0n) is 11.2. The molecular weight excluding hydrogens is 222 g/mol. The summed E-state index contributed by atoms with van der Waals surface area (Å²) in [6.07, 6.45) is 0. The van der Waals surface area contributed by atoms with E-state index in [1.807, 2.05) is 18.5 Å². The first-order valence-electron chi connectivity index (χ1n) is 6.11. The lowest BCUT2D eigenvalue weighted by Crippen LogP contribution is -1.99. The highest BCUT2D eigenvalue weighted by Crippen LogP contribution is 2.20. The Balaban J connectivity index is 2.47. The van der Waals surface area contributed by atoms with Crippen LogP contribution in [0.2, 0.25) is 0 Å². The number of nitriles is 1. The van der Waals surface area contributed by atoms with E-state index in [1.54, 1.807) is 0 Å². The number of hydrogen-bond donors (Lipinski definition) is 0. The summed E-state index contributed by atoms with van der Waals surface area (Å²) < 4.78 is 1.83. The fourth-order valence-corrected chi connectivity index (χ4v) is 2.06. The van der Waals surface area contributed by atoms with E-state index in [-0.39, 0.29) is 0 Å². The molecule has 0 aliphatic rings. The third kappa shape index (κ3) is 2.02. The second-order valence-electron chi connectivity index (χ2n) is 4.82. The van der Waals surface area contributed by atoms with E-state index in [9.17, 15) is 0 Å². The van der Waals surface area contributed by atoms with Crippen molar-refractivity contribution in [3.05, 3.63) is 46.8 Å². The van der Waals surface area contributed by atoms with Gasteiger partial charge >= 0.3 is 0 Å². The molecular formula is C15H17N3. The van der Waals surface area contributed by atoms with Gasteiger partial charge in [0.25, 0.3) is 0 Å². The van der Waals surface area contributed by atoms with Crippen LogP contribution in [0.3, 0.4) is 0 Å². The zero-order valence-corrected chi connectivity index (χ0v) is 11.2. The fourth-order valence-electron chi connectivity index (χ4n) is 2.06. The summed E-state index contributed by atoms with van der Waals surface area (Å²) in [4.78, 5) is 0. The normalized spacial score (nSPS) is 10.7. The standard InChI is InChI=1S/C15H17N3/c1-10(2)13-5-7-14(8-6-13)18-12(4)15(9-16)11(3)17-18/h5-8,10H,1-4H3. The van der Waals surface area contributed by atoms with Crippen LogP contribution in [0.15, 0.2) is 24.3 Å². The summed E-state index contributed by atoms with van der Waals surface area (Å²) >= 11 is 0. The van der Waals surface area contributed by atoms with Gasteiger partial charge in [0, 0.05) is 0 Å². The van der Waals surface area contributed by atoms with Gasteiger partial charge in [0.2, 0.25) is 0 Å². The monoisotopic (exact) mass is 239 g/mol. The number of nitrogens with zero attached hydrogens (tertiary/aromatic N) is 3. The minimum absolute atomic E-state index is 0.522. The molecule has 3 nitrogen and oxygen atoms in total. The topological polar surface area (TPSA) is 41.6 Å². The van der Waals surface area contributed by atoms with Crippen molar-refractivity contribution in [2.75, 3.05) is 0 Å². The molecule has 0 atom stereocenters. The maximum absolute atomic E-state index is 9.07. The van der Waals surface area contributed by atoms with E-state index in [1.165, 1.54) is 5.56 Å². The Bertz CT molecular complexity index is 598. The Hall–Kier alpha value is -2.08. The first-order chi connectivity index (χ1) is 8.54. The summed E-state index contributed by atoms with van der Waals surface area (Å²) in [6.45, 7) is 8.14. The highest BCUT2D eigenvalue weighted by atomic mass is 15.3. The molecule has 1 heterocycles. The van der Waals surface area contributed by atoms with Gasteiger partial charge in [-0.05, 0) is 37.5 Å². The van der Waals surface area contributed by atoms with Crippen LogP contribution in [0.25, 0.3) is 5.69 Å². The number of aromatic nitrogens is 2. The largest absolute Gasteiger partial charge is 0.236 e. The highest BCUT2D eigenvalue weighted by molar-refractivity contribution is 5.43.